The van der Waals surface area contributed by atoms with Crippen LogP contribution in [0.5, 0.6) is 0 Å². The molecule has 2 nitrogen and oxygen atoms in total. The molecule has 4 saturated carbocycles. The molecule has 1 N–H and O–H groups in total. The fourth-order valence-electron chi connectivity index (χ4n) is 6.42. The maximum absolute atomic E-state index is 6.07. The lowest BCUT2D eigenvalue weighted by Crippen LogP contribution is -2.54. The molecule has 0 amide bonds. The average molecular weight is 370 g/mol. The van der Waals surface area contributed by atoms with Crippen molar-refractivity contribution in [3.05, 3.63) is 47.2 Å². The van der Waals surface area contributed by atoms with Crippen LogP contribution in [0.2, 0.25) is 5.02 Å². The average Bonchev–Trinajstić information content (AvgIpc) is 3.08. The fraction of sp³-hybridized carbons (Fsp3) is 0.565. The normalized spacial score (nSPS) is 33.5. The van der Waals surface area contributed by atoms with E-state index in [0.717, 1.165) is 46.4 Å². The third-order valence-corrected chi connectivity index (χ3v) is 7.63. The first-order chi connectivity index (χ1) is 12.6. The SMILES string of the molecule is C[C@H](NCc1ccc(-c2ccc(Cl)cc2)o1)C12CC3CC(CC(C3)C1)C2. The quantitative estimate of drug-likeness (QED) is 0.669. The highest BCUT2D eigenvalue weighted by Gasteiger charge is 2.52. The minimum Gasteiger partial charge on any atom is -0.460 e. The Kier molecular flexibility index (Phi) is 4.17. The molecule has 1 atom stereocenters. The van der Waals surface area contributed by atoms with Gasteiger partial charge >= 0.3 is 0 Å². The largest absolute Gasteiger partial charge is 0.460 e. The highest BCUT2D eigenvalue weighted by atomic mass is 35.5. The minimum atomic E-state index is 0.542. The van der Waals surface area contributed by atoms with Crippen LogP contribution in [0, 0.1) is 23.2 Å². The molecule has 1 heterocycles. The number of halogens is 1. The highest BCUT2D eigenvalue weighted by Crippen LogP contribution is 2.61. The highest BCUT2D eigenvalue weighted by molar-refractivity contribution is 6.30. The van der Waals surface area contributed by atoms with Gasteiger partial charge in [-0.2, -0.15) is 0 Å². The Morgan fingerprint density at radius 3 is 2.23 bits per heavy atom. The number of nitrogens with one attached hydrogen (secondary N) is 1. The van der Waals surface area contributed by atoms with Gasteiger partial charge < -0.3 is 9.73 Å². The van der Waals surface area contributed by atoms with Gasteiger partial charge in [-0.05, 0) is 105 Å². The van der Waals surface area contributed by atoms with Crippen molar-refractivity contribution < 1.29 is 4.42 Å². The van der Waals surface area contributed by atoms with Gasteiger partial charge in [0.15, 0.2) is 0 Å². The van der Waals surface area contributed by atoms with E-state index >= 15 is 0 Å². The molecular formula is C23H28ClNO. The van der Waals surface area contributed by atoms with E-state index in [2.05, 4.69) is 24.4 Å². The summed E-state index contributed by atoms with van der Waals surface area (Å²) in [5.74, 6) is 4.95. The fourth-order valence-corrected chi connectivity index (χ4v) is 6.55. The predicted molar refractivity (Wildman–Crippen MR) is 106 cm³/mol. The standard InChI is InChI=1S/C23H28ClNO/c1-15(23-11-16-8-17(12-23)10-18(9-16)13-23)25-14-21-6-7-22(26-21)19-2-4-20(24)5-3-19/h2-7,15-18,25H,8-14H2,1H3/t15-,16?,17?,18?,23?/m0/s1. The first-order valence-corrected chi connectivity index (χ1v) is 10.6. The van der Waals surface area contributed by atoms with Crippen molar-refractivity contribution in [3.8, 4) is 11.3 Å². The molecule has 1 aromatic carbocycles. The lowest BCUT2D eigenvalue weighted by atomic mass is 9.48. The minimum absolute atomic E-state index is 0.542. The number of hydrogen-bond donors (Lipinski definition) is 1. The van der Waals surface area contributed by atoms with Crippen LogP contribution in [0.1, 0.15) is 51.2 Å². The Labute approximate surface area is 161 Å². The lowest BCUT2D eigenvalue weighted by Gasteiger charge is -2.59. The van der Waals surface area contributed by atoms with Crippen molar-refractivity contribution in [1.82, 2.24) is 5.32 Å². The smallest absolute Gasteiger partial charge is 0.134 e. The van der Waals surface area contributed by atoms with Gasteiger partial charge in [0.2, 0.25) is 0 Å². The second-order valence-electron chi connectivity index (χ2n) is 9.16. The molecule has 26 heavy (non-hydrogen) atoms. The topological polar surface area (TPSA) is 25.2 Å². The number of furan rings is 1. The van der Waals surface area contributed by atoms with E-state index in [0.29, 0.717) is 11.5 Å². The van der Waals surface area contributed by atoms with Crippen molar-refractivity contribution in [3.63, 3.8) is 0 Å². The lowest BCUT2D eigenvalue weighted by molar-refractivity contribution is -0.0708. The molecule has 3 heteroatoms. The predicted octanol–water partition coefficient (Wildman–Crippen LogP) is 6.29. The molecule has 2 aromatic rings. The monoisotopic (exact) mass is 369 g/mol. The Morgan fingerprint density at radius 2 is 1.62 bits per heavy atom. The summed E-state index contributed by atoms with van der Waals surface area (Å²) in [6.07, 6.45) is 8.86. The van der Waals surface area contributed by atoms with Crippen molar-refractivity contribution in [1.29, 1.82) is 0 Å². The van der Waals surface area contributed by atoms with Crippen LogP contribution < -0.4 is 5.32 Å². The number of rotatable bonds is 5. The van der Waals surface area contributed by atoms with Crippen LogP contribution >= 0.6 is 11.6 Å². The molecule has 1 aromatic heterocycles. The van der Waals surface area contributed by atoms with Gasteiger partial charge in [0, 0.05) is 16.6 Å². The summed E-state index contributed by atoms with van der Waals surface area (Å²) in [6.45, 7) is 3.23. The second-order valence-corrected chi connectivity index (χ2v) is 9.59. The summed E-state index contributed by atoms with van der Waals surface area (Å²) in [5, 5.41) is 4.57. The van der Waals surface area contributed by atoms with E-state index in [4.69, 9.17) is 16.0 Å². The zero-order valence-electron chi connectivity index (χ0n) is 15.5. The van der Waals surface area contributed by atoms with Crippen LogP contribution in [0.4, 0.5) is 0 Å². The van der Waals surface area contributed by atoms with Gasteiger partial charge in [0.25, 0.3) is 0 Å². The van der Waals surface area contributed by atoms with Crippen molar-refractivity contribution in [2.24, 2.45) is 23.2 Å². The van der Waals surface area contributed by atoms with E-state index in [1.807, 2.05) is 24.3 Å². The molecule has 0 saturated heterocycles. The summed E-state index contributed by atoms with van der Waals surface area (Å²) >= 11 is 5.98. The van der Waals surface area contributed by atoms with Crippen LogP contribution in [-0.4, -0.2) is 6.04 Å². The summed E-state index contributed by atoms with van der Waals surface area (Å²) in [6, 6.07) is 12.6. The third-order valence-electron chi connectivity index (χ3n) is 7.38. The summed E-state index contributed by atoms with van der Waals surface area (Å²) in [4.78, 5) is 0. The van der Waals surface area contributed by atoms with Gasteiger partial charge in [-0.1, -0.05) is 11.6 Å². The second kappa shape index (κ2) is 6.42. The van der Waals surface area contributed by atoms with E-state index in [1.54, 1.807) is 0 Å². The van der Waals surface area contributed by atoms with Crippen molar-refractivity contribution in [2.75, 3.05) is 0 Å². The maximum atomic E-state index is 6.07. The van der Waals surface area contributed by atoms with Crippen LogP contribution in [0.3, 0.4) is 0 Å². The van der Waals surface area contributed by atoms with E-state index in [-0.39, 0.29) is 0 Å². The molecule has 4 aliphatic carbocycles. The Balaban J connectivity index is 1.25. The molecule has 138 valence electrons. The Morgan fingerprint density at radius 1 is 1.00 bits per heavy atom. The van der Waals surface area contributed by atoms with Crippen LogP contribution in [0.25, 0.3) is 11.3 Å². The van der Waals surface area contributed by atoms with Gasteiger partial charge in [0.1, 0.15) is 11.5 Å². The van der Waals surface area contributed by atoms with E-state index < -0.39 is 0 Å². The molecule has 4 aliphatic rings. The maximum Gasteiger partial charge on any atom is 0.134 e. The molecule has 0 aliphatic heterocycles. The zero-order valence-corrected chi connectivity index (χ0v) is 16.3. The van der Waals surface area contributed by atoms with E-state index in [1.165, 1.54) is 38.5 Å². The molecule has 0 radical (unpaired) electrons. The zero-order chi connectivity index (χ0) is 17.7. The number of hydrogen-bond acceptors (Lipinski definition) is 2. The van der Waals surface area contributed by atoms with Crippen LogP contribution in [-0.2, 0) is 6.54 Å². The molecule has 4 fully saturated rings. The molecule has 0 spiro atoms. The summed E-state index contributed by atoms with van der Waals surface area (Å²) < 4.78 is 6.07. The first-order valence-electron chi connectivity index (χ1n) is 10.2. The summed E-state index contributed by atoms with van der Waals surface area (Å²) in [5.41, 5.74) is 1.62. The van der Waals surface area contributed by atoms with Crippen molar-refractivity contribution >= 4 is 11.6 Å². The number of benzene rings is 1. The molecule has 6 rings (SSSR count). The van der Waals surface area contributed by atoms with Gasteiger partial charge in [-0.25, -0.2) is 0 Å². The van der Waals surface area contributed by atoms with Gasteiger partial charge in [-0.3, -0.25) is 0 Å². The van der Waals surface area contributed by atoms with Gasteiger partial charge in [0.05, 0.1) is 6.54 Å². The van der Waals surface area contributed by atoms with Crippen LogP contribution in [0.15, 0.2) is 40.8 Å². The van der Waals surface area contributed by atoms with Gasteiger partial charge in [-0.15, -0.1) is 0 Å². The van der Waals surface area contributed by atoms with Crippen molar-refractivity contribution in [2.45, 2.75) is 58.0 Å². The van der Waals surface area contributed by atoms with E-state index in [9.17, 15) is 0 Å². The molecular weight excluding hydrogens is 342 g/mol. The third kappa shape index (κ3) is 3.01. The molecule has 4 bridgehead atoms. The summed E-state index contributed by atoms with van der Waals surface area (Å²) in [7, 11) is 0. The Bertz CT molecular complexity index is 742. The first kappa shape index (κ1) is 16.9. The molecule has 0 unspecified atom stereocenters. The Hall–Kier alpha value is -1.25.